The fourth-order valence-electron chi connectivity index (χ4n) is 9.41. The smallest absolute Gasteiger partial charge is 0.0645 e. The summed E-state index contributed by atoms with van der Waals surface area (Å²) in [4.78, 5) is 4.88. The first-order valence-corrected chi connectivity index (χ1v) is 22.5. The molecule has 3 heterocycles. The van der Waals surface area contributed by atoms with Gasteiger partial charge in [-0.25, -0.2) is 4.98 Å². The van der Waals surface area contributed by atoms with Gasteiger partial charge in [0.2, 0.25) is 0 Å². The Bertz CT molecular complexity index is 3310. The van der Waals surface area contributed by atoms with E-state index >= 15 is 0 Å². The number of fused-ring (bicyclic) bond motifs is 5. The number of nitrogens with zero attached hydrogens (tertiary/aromatic N) is 4. The van der Waals surface area contributed by atoms with Crippen molar-refractivity contribution in [1.82, 2.24) is 18.7 Å². The predicted octanol–water partition coefficient (Wildman–Crippen LogP) is 14.0. The van der Waals surface area contributed by atoms with Gasteiger partial charge in [-0.2, -0.15) is 0 Å². The van der Waals surface area contributed by atoms with Gasteiger partial charge in [-0.15, -0.1) is 0 Å². The molecule has 7 aromatic carbocycles. The monoisotopic (exact) mass is 983 g/mol. The molecule has 0 radical (unpaired) electrons. The van der Waals surface area contributed by atoms with E-state index in [2.05, 4.69) is 224 Å². The Morgan fingerprint density at radius 1 is 0.629 bits per heavy atom. The topological polar surface area (TPSA) is 36.9 Å². The zero-order chi connectivity index (χ0) is 42.0. The number of rotatable bonds is 7. The summed E-state index contributed by atoms with van der Waals surface area (Å²) < 4.78 is 15.1. The summed E-state index contributed by atoms with van der Waals surface area (Å²) in [6.45, 7) is 6.71. The van der Waals surface area contributed by atoms with Gasteiger partial charge in [0, 0.05) is 6.20 Å². The molecule has 62 heavy (non-hydrogen) atoms. The van der Waals surface area contributed by atoms with Crippen molar-refractivity contribution >= 4 is 32.8 Å². The molecule has 0 aliphatic heterocycles. The molecule has 1 unspecified atom stereocenters. The van der Waals surface area contributed by atoms with Crippen LogP contribution in [-0.4, -0.2) is 18.7 Å². The SMILES string of the molecule is CC(C)(C)c1ccnc(-n2c3[c-]c(Oc4[c-]c5c(cc4)CCCC5n4[c](=[Pt])n(-c5c(-c6ccccc6)cccc5-c5ccccc5)c5ccccc54)ccc3c3ccccc32)c1. The number of imidazole rings is 1. The van der Waals surface area contributed by atoms with Crippen LogP contribution in [0.1, 0.15) is 56.3 Å². The van der Waals surface area contributed by atoms with E-state index in [1.807, 2.05) is 12.3 Å². The predicted molar refractivity (Wildman–Crippen MR) is 248 cm³/mol. The molecule has 0 spiro atoms. The van der Waals surface area contributed by atoms with E-state index in [9.17, 15) is 0 Å². The van der Waals surface area contributed by atoms with Gasteiger partial charge in [-0.1, -0.05) is 39.0 Å². The molecular weight excluding hydrogens is 940 g/mol. The van der Waals surface area contributed by atoms with E-state index in [1.54, 1.807) is 0 Å². The Balaban J connectivity index is 1.04. The van der Waals surface area contributed by atoms with Crippen molar-refractivity contribution < 1.29 is 24.1 Å². The van der Waals surface area contributed by atoms with Crippen LogP contribution in [0.4, 0.5) is 0 Å². The van der Waals surface area contributed by atoms with E-state index < -0.39 is 0 Å². The van der Waals surface area contributed by atoms with Crippen molar-refractivity contribution in [3.8, 4) is 45.3 Å². The fraction of sp³-hybridized carbons (Fsp3) is 0.143. The number of hydrogen-bond acceptors (Lipinski definition) is 2. The number of pyridine rings is 1. The third-order valence-electron chi connectivity index (χ3n) is 12.4. The average molecular weight is 984 g/mol. The van der Waals surface area contributed by atoms with Crippen molar-refractivity contribution in [2.24, 2.45) is 0 Å². The Kier molecular flexibility index (Phi) is 9.54. The Morgan fingerprint density at radius 2 is 1.27 bits per heavy atom. The third kappa shape index (κ3) is 6.58. The summed E-state index contributed by atoms with van der Waals surface area (Å²) >= 11 is 2.57. The summed E-state index contributed by atoms with van der Waals surface area (Å²) in [5.41, 5.74) is 14.0. The van der Waals surface area contributed by atoms with Gasteiger partial charge < -0.3 is 0 Å². The number of hydrogen-bond donors (Lipinski definition) is 0. The minimum absolute atomic E-state index is 0.0162. The van der Waals surface area contributed by atoms with Gasteiger partial charge in [-0.3, -0.25) is 0 Å². The Morgan fingerprint density at radius 3 is 2.00 bits per heavy atom. The molecule has 10 aromatic rings. The quantitative estimate of drug-likeness (QED) is 0.149. The molecule has 0 saturated heterocycles. The third-order valence-corrected chi connectivity index (χ3v) is 13.4. The number of aromatic nitrogens is 4. The zero-order valence-electron chi connectivity index (χ0n) is 34.9. The minimum Gasteiger partial charge on any atom is -0.0645 e. The molecule has 0 fully saturated rings. The van der Waals surface area contributed by atoms with Crippen molar-refractivity contribution in [2.45, 2.75) is 51.5 Å². The Hall–Kier alpha value is -6.55. The Labute approximate surface area is 372 Å². The van der Waals surface area contributed by atoms with Crippen LogP contribution >= 0.6 is 0 Å². The van der Waals surface area contributed by atoms with E-state index in [1.165, 1.54) is 55.7 Å². The first-order valence-electron chi connectivity index (χ1n) is 21.4. The summed E-state index contributed by atoms with van der Waals surface area (Å²) in [6, 6.07) is 65.9. The van der Waals surface area contributed by atoms with Gasteiger partial charge in [0.1, 0.15) is 0 Å². The molecule has 5 nitrogen and oxygen atoms in total. The number of ether oxygens (including phenoxy) is 1. The van der Waals surface area contributed by atoms with Gasteiger partial charge in [0.25, 0.3) is 0 Å². The molecule has 3 aromatic heterocycles. The van der Waals surface area contributed by atoms with Gasteiger partial charge in [0.05, 0.1) is 0 Å². The van der Waals surface area contributed by atoms with E-state index in [4.69, 9.17) is 9.72 Å². The molecule has 11 rings (SSSR count). The molecule has 0 N–H and O–H groups in total. The molecule has 306 valence electrons. The molecule has 6 heteroatoms. The van der Waals surface area contributed by atoms with Gasteiger partial charge >= 0.3 is 296 Å². The first kappa shape index (κ1) is 38.4. The first-order chi connectivity index (χ1) is 30.3. The second-order valence-electron chi connectivity index (χ2n) is 17.2. The fourth-order valence-corrected chi connectivity index (χ4v) is 10.6. The standard InChI is InChI=1S/C56H44N4O.Pt/c1-56(2,3)41-32-33-57-54(34-41)60-50-24-11-10-21-46(50)47-31-30-43(36-53(47)60)61-42-29-28-40-20-14-27-49(48(40)35-42)58-37-59(52-26-13-12-25-51(52)58)55-44(38-16-6-4-7-17-38)22-15-23-45(55)39-18-8-5-9-19-39;/h4-13,15-19,21-26,28-34,49H,14,20,27H2,1-3H3;/q-2;. The summed E-state index contributed by atoms with van der Waals surface area (Å²) in [6.07, 6.45) is 5.00. The van der Waals surface area contributed by atoms with Crippen LogP contribution in [0.5, 0.6) is 11.5 Å². The van der Waals surface area contributed by atoms with E-state index in [0.717, 1.165) is 50.7 Å². The number of aryl methyl sites for hydroxylation is 1. The molecule has 1 aliphatic rings. The van der Waals surface area contributed by atoms with E-state index in [0.29, 0.717) is 11.5 Å². The average Bonchev–Trinajstić information content (AvgIpc) is 3.79. The molecule has 0 amide bonds. The van der Waals surface area contributed by atoms with Crippen molar-refractivity contribution in [1.29, 1.82) is 0 Å². The zero-order valence-corrected chi connectivity index (χ0v) is 37.2. The van der Waals surface area contributed by atoms with Gasteiger partial charge in [0.15, 0.2) is 0 Å². The second kappa shape index (κ2) is 15.4. The van der Waals surface area contributed by atoms with Crippen LogP contribution in [0.15, 0.2) is 170 Å². The molecular formula is C56H44N4OPt-2. The van der Waals surface area contributed by atoms with Crippen molar-refractivity contribution in [3.05, 3.63) is 203 Å². The van der Waals surface area contributed by atoms with Crippen LogP contribution in [0.25, 0.3) is 66.6 Å². The number of para-hydroxylation sites is 4. The van der Waals surface area contributed by atoms with Gasteiger partial charge in [-0.05, 0) is 29.2 Å². The van der Waals surface area contributed by atoms with Crippen LogP contribution in [-0.2, 0) is 31.2 Å². The van der Waals surface area contributed by atoms with Crippen LogP contribution in [0.3, 0.4) is 0 Å². The summed E-state index contributed by atoms with van der Waals surface area (Å²) in [7, 11) is 0. The molecule has 0 saturated carbocycles. The minimum atomic E-state index is -0.0162. The number of benzene rings is 7. The maximum atomic E-state index is 6.76. The normalized spacial score (nSPS) is 14.1. The molecule has 0 bridgehead atoms. The second-order valence-corrected chi connectivity index (χ2v) is 18.2. The van der Waals surface area contributed by atoms with Crippen LogP contribution in [0.2, 0.25) is 0 Å². The van der Waals surface area contributed by atoms with Crippen molar-refractivity contribution in [2.75, 3.05) is 0 Å². The van der Waals surface area contributed by atoms with Crippen LogP contribution in [0, 0.1) is 15.9 Å². The molecule has 1 atom stereocenters. The molecule has 1 aliphatic carbocycles. The van der Waals surface area contributed by atoms with Crippen molar-refractivity contribution in [3.63, 3.8) is 0 Å². The maximum absolute atomic E-state index is 6.76. The van der Waals surface area contributed by atoms with Crippen LogP contribution < -0.4 is 4.74 Å². The van der Waals surface area contributed by atoms with E-state index in [-0.39, 0.29) is 11.5 Å². The summed E-state index contributed by atoms with van der Waals surface area (Å²) in [5.74, 6) is 2.19. The summed E-state index contributed by atoms with van der Waals surface area (Å²) in [5, 5.41) is 2.27.